The van der Waals surface area contributed by atoms with Crippen LogP contribution < -0.4 is 0 Å². The maximum atomic E-state index is 12.1. The Labute approximate surface area is 104 Å². The van der Waals surface area contributed by atoms with Crippen LogP contribution in [0.25, 0.3) is 0 Å². The van der Waals surface area contributed by atoms with Crippen molar-refractivity contribution in [3.8, 4) is 0 Å². The Morgan fingerprint density at radius 1 is 0.882 bits per heavy atom. The van der Waals surface area contributed by atoms with E-state index in [1.165, 1.54) is 13.8 Å². The lowest BCUT2D eigenvalue weighted by Crippen LogP contribution is -2.43. The van der Waals surface area contributed by atoms with Crippen molar-refractivity contribution in [3.05, 3.63) is 0 Å². The van der Waals surface area contributed by atoms with Gasteiger partial charge < -0.3 is 0 Å². The Hall–Kier alpha value is -0.990. The van der Waals surface area contributed by atoms with Crippen LogP contribution in [0.2, 0.25) is 0 Å². The Kier molecular flexibility index (Phi) is 5.73. The van der Waals surface area contributed by atoms with Crippen LogP contribution in [0, 0.1) is 17.3 Å². The van der Waals surface area contributed by atoms with E-state index in [2.05, 4.69) is 0 Å². The summed E-state index contributed by atoms with van der Waals surface area (Å²) < 4.78 is 0. The van der Waals surface area contributed by atoms with E-state index in [0.717, 1.165) is 0 Å². The molecule has 0 aliphatic heterocycles. The van der Waals surface area contributed by atoms with Gasteiger partial charge in [0.05, 0.1) is 0 Å². The molecule has 0 aliphatic rings. The smallest absolute Gasteiger partial charge is 0.153 e. The van der Waals surface area contributed by atoms with Crippen LogP contribution >= 0.6 is 0 Å². The van der Waals surface area contributed by atoms with Gasteiger partial charge in [-0.25, -0.2) is 0 Å². The minimum absolute atomic E-state index is 0.160. The average molecular weight is 240 g/mol. The van der Waals surface area contributed by atoms with Crippen molar-refractivity contribution in [2.24, 2.45) is 17.3 Å². The van der Waals surface area contributed by atoms with Crippen molar-refractivity contribution in [1.82, 2.24) is 0 Å². The number of ketones is 3. The maximum Gasteiger partial charge on any atom is 0.153 e. The molecule has 0 heterocycles. The zero-order valence-corrected chi connectivity index (χ0v) is 11.8. The molecule has 0 N–H and O–H groups in total. The van der Waals surface area contributed by atoms with E-state index in [-0.39, 0.29) is 42.0 Å². The normalized spacial score (nSPS) is 12.0. The van der Waals surface area contributed by atoms with Crippen LogP contribution in [0.1, 0.15) is 54.4 Å². The molecule has 0 aromatic rings. The lowest BCUT2D eigenvalue weighted by atomic mass is 9.73. The Morgan fingerprint density at radius 3 is 1.35 bits per heavy atom. The summed E-state index contributed by atoms with van der Waals surface area (Å²) in [5.41, 5.74) is -1.44. The number of carbonyl (C=O) groups excluding carboxylic acids is 3. The molecule has 0 radical (unpaired) electrons. The molecule has 0 saturated carbocycles. The lowest BCUT2D eigenvalue weighted by Gasteiger charge is -2.25. The fourth-order valence-electron chi connectivity index (χ4n) is 1.70. The van der Waals surface area contributed by atoms with Crippen molar-refractivity contribution < 1.29 is 14.4 Å². The van der Waals surface area contributed by atoms with Crippen LogP contribution in [-0.4, -0.2) is 17.3 Å². The van der Waals surface area contributed by atoms with E-state index in [1.54, 1.807) is 0 Å². The lowest BCUT2D eigenvalue weighted by molar-refractivity contribution is -0.147. The third kappa shape index (κ3) is 4.06. The molecule has 3 nitrogen and oxygen atoms in total. The fraction of sp³-hybridized carbons (Fsp3) is 0.786. The second-order valence-corrected chi connectivity index (χ2v) is 5.72. The largest absolute Gasteiger partial charge is 0.298 e. The van der Waals surface area contributed by atoms with Crippen LogP contribution in [0.4, 0.5) is 0 Å². The van der Waals surface area contributed by atoms with Crippen molar-refractivity contribution in [2.75, 3.05) is 0 Å². The molecule has 0 unspecified atom stereocenters. The minimum atomic E-state index is -1.44. The number of hydrogen-bond donors (Lipinski definition) is 0. The van der Waals surface area contributed by atoms with Gasteiger partial charge in [-0.15, -0.1) is 0 Å². The summed E-state index contributed by atoms with van der Waals surface area (Å²) in [7, 11) is 0. The SMILES string of the molecule is CC(=O)C(C)(C(=O)CC(C)C)C(=O)CC(C)C. The number of hydrogen-bond acceptors (Lipinski definition) is 3. The fourth-order valence-corrected chi connectivity index (χ4v) is 1.70. The van der Waals surface area contributed by atoms with Gasteiger partial charge in [-0.1, -0.05) is 27.7 Å². The highest BCUT2D eigenvalue weighted by atomic mass is 16.2. The molecule has 0 amide bonds. The summed E-state index contributed by atoms with van der Waals surface area (Å²) in [5, 5.41) is 0. The third-order valence-electron chi connectivity index (χ3n) is 3.01. The topological polar surface area (TPSA) is 51.2 Å². The van der Waals surface area contributed by atoms with Gasteiger partial charge in [0.2, 0.25) is 0 Å². The molecular weight excluding hydrogens is 216 g/mol. The zero-order valence-electron chi connectivity index (χ0n) is 11.8. The Morgan fingerprint density at radius 2 is 1.18 bits per heavy atom. The monoisotopic (exact) mass is 240 g/mol. The summed E-state index contributed by atoms with van der Waals surface area (Å²) >= 11 is 0. The van der Waals surface area contributed by atoms with Gasteiger partial charge >= 0.3 is 0 Å². The zero-order chi connectivity index (χ0) is 13.8. The van der Waals surface area contributed by atoms with Crippen molar-refractivity contribution in [3.63, 3.8) is 0 Å². The van der Waals surface area contributed by atoms with Gasteiger partial charge in [-0.05, 0) is 25.7 Å². The molecule has 0 atom stereocenters. The first-order chi connectivity index (χ1) is 7.62. The average Bonchev–Trinajstić information content (AvgIpc) is 2.13. The van der Waals surface area contributed by atoms with Crippen molar-refractivity contribution in [2.45, 2.75) is 54.4 Å². The first-order valence-electron chi connectivity index (χ1n) is 6.20. The minimum Gasteiger partial charge on any atom is -0.298 e. The maximum absolute atomic E-state index is 12.1. The van der Waals surface area contributed by atoms with E-state index in [0.29, 0.717) is 0 Å². The van der Waals surface area contributed by atoms with Gasteiger partial charge in [-0.3, -0.25) is 14.4 Å². The molecule has 0 aliphatic carbocycles. The van der Waals surface area contributed by atoms with E-state index in [9.17, 15) is 14.4 Å². The van der Waals surface area contributed by atoms with Gasteiger partial charge in [0.15, 0.2) is 17.3 Å². The number of carbonyl (C=O) groups is 3. The molecule has 0 spiro atoms. The molecule has 3 heteroatoms. The third-order valence-corrected chi connectivity index (χ3v) is 3.01. The van der Waals surface area contributed by atoms with E-state index >= 15 is 0 Å². The number of rotatable bonds is 7. The molecule has 17 heavy (non-hydrogen) atoms. The first kappa shape index (κ1) is 16.0. The van der Waals surface area contributed by atoms with Crippen LogP contribution in [0.3, 0.4) is 0 Å². The van der Waals surface area contributed by atoms with Crippen molar-refractivity contribution in [1.29, 1.82) is 0 Å². The summed E-state index contributed by atoms with van der Waals surface area (Å²) in [5.74, 6) is -0.508. The standard InChI is InChI=1S/C14H24O3/c1-9(2)7-12(16)14(6,11(5)15)13(17)8-10(3)4/h9-10H,7-8H2,1-6H3. The molecule has 0 aromatic heterocycles. The van der Waals surface area contributed by atoms with Gasteiger partial charge in [-0.2, -0.15) is 0 Å². The second kappa shape index (κ2) is 6.08. The molecule has 98 valence electrons. The quantitative estimate of drug-likeness (QED) is 0.643. The van der Waals surface area contributed by atoms with Crippen molar-refractivity contribution >= 4 is 17.3 Å². The summed E-state index contributed by atoms with van der Waals surface area (Å²) in [6, 6.07) is 0. The molecule has 0 bridgehead atoms. The summed E-state index contributed by atoms with van der Waals surface area (Å²) in [4.78, 5) is 35.9. The van der Waals surface area contributed by atoms with Crippen LogP contribution in [-0.2, 0) is 14.4 Å². The molecular formula is C14H24O3. The first-order valence-corrected chi connectivity index (χ1v) is 6.20. The van der Waals surface area contributed by atoms with E-state index in [4.69, 9.17) is 0 Å². The van der Waals surface area contributed by atoms with Gasteiger partial charge in [0.1, 0.15) is 5.41 Å². The highest BCUT2D eigenvalue weighted by Crippen LogP contribution is 2.27. The van der Waals surface area contributed by atoms with Crippen LogP contribution in [0.15, 0.2) is 0 Å². The molecule has 0 rings (SSSR count). The highest BCUT2D eigenvalue weighted by Gasteiger charge is 2.44. The Bertz CT molecular complexity index is 291. The predicted octanol–water partition coefficient (Wildman–Crippen LogP) is 2.81. The Balaban J connectivity index is 5.10. The number of Topliss-reactive ketones (excluding diaryl/α,β-unsaturated/α-hetero) is 3. The molecule has 0 saturated heterocycles. The van der Waals surface area contributed by atoms with Gasteiger partial charge in [0, 0.05) is 12.8 Å². The van der Waals surface area contributed by atoms with E-state index in [1.807, 2.05) is 27.7 Å². The van der Waals surface area contributed by atoms with E-state index < -0.39 is 5.41 Å². The second-order valence-electron chi connectivity index (χ2n) is 5.72. The summed E-state index contributed by atoms with van der Waals surface area (Å²) in [6.45, 7) is 10.4. The highest BCUT2D eigenvalue weighted by molar-refractivity contribution is 6.23. The molecule has 0 aromatic carbocycles. The predicted molar refractivity (Wildman–Crippen MR) is 67.7 cm³/mol. The van der Waals surface area contributed by atoms with Gasteiger partial charge in [0.25, 0.3) is 0 Å². The van der Waals surface area contributed by atoms with Crippen LogP contribution in [0.5, 0.6) is 0 Å². The summed E-state index contributed by atoms with van der Waals surface area (Å²) in [6.07, 6.45) is 0.555. The molecule has 0 fully saturated rings.